The van der Waals surface area contributed by atoms with Gasteiger partial charge in [-0.05, 0) is 33.5 Å². The third kappa shape index (κ3) is 3.52. The number of ether oxygens (including phenoxy) is 1. The summed E-state index contributed by atoms with van der Waals surface area (Å²) in [6.07, 6.45) is 1.45. The van der Waals surface area contributed by atoms with Crippen LogP contribution in [0.3, 0.4) is 0 Å². The first kappa shape index (κ1) is 14.3. The van der Waals surface area contributed by atoms with Gasteiger partial charge in [-0.1, -0.05) is 24.3 Å². The molecule has 1 aromatic carbocycles. The molecule has 0 N–H and O–H groups in total. The lowest BCUT2D eigenvalue weighted by atomic mass is 9.99. The molecule has 1 aliphatic rings. The van der Waals surface area contributed by atoms with Gasteiger partial charge in [-0.3, -0.25) is 4.79 Å². The Morgan fingerprint density at radius 2 is 2.14 bits per heavy atom. The van der Waals surface area contributed by atoms with Crippen LogP contribution in [-0.2, 0) is 29.0 Å². The molecule has 0 bridgehead atoms. The highest BCUT2D eigenvalue weighted by Crippen LogP contribution is 2.20. The lowest BCUT2D eigenvalue weighted by Crippen LogP contribution is -2.38. The number of nitrogens with zero attached hydrogens (tertiary/aromatic N) is 1. The summed E-state index contributed by atoms with van der Waals surface area (Å²) in [7, 11) is 1.86. The topological polar surface area (TPSA) is 29.5 Å². The second-order valence-electron chi connectivity index (χ2n) is 5.49. The van der Waals surface area contributed by atoms with Gasteiger partial charge >= 0.3 is 0 Å². The average Bonchev–Trinajstić information content (AvgIpc) is 3.00. The van der Waals surface area contributed by atoms with Crippen LogP contribution in [0, 0.1) is 0 Å². The van der Waals surface area contributed by atoms with Gasteiger partial charge in [0.25, 0.3) is 0 Å². The number of rotatable bonds is 4. The van der Waals surface area contributed by atoms with Crippen molar-refractivity contribution in [3.63, 3.8) is 0 Å². The third-order valence-electron chi connectivity index (χ3n) is 3.88. The smallest absolute Gasteiger partial charge is 0.226 e. The summed E-state index contributed by atoms with van der Waals surface area (Å²) in [5.74, 6) is 0.149. The van der Waals surface area contributed by atoms with E-state index < -0.39 is 0 Å². The lowest BCUT2D eigenvalue weighted by molar-refractivity contribution is -0.131. The number of benzene rings is 1. The van der Waals surface area contributed by atoms with E-state index in [9.17, 15) is 4.79 Å². The molecule has 1 aromatic heterocycles. The quantitative estimate of drug-likeness (QED) is 0.869. The molecule has 3 rings (SSSR count). The number of hydrogen-bond acceptors (Lipinski definition) is 3. The maximum Gasteiger partial charge on any atom is 0.226 e. The molecular formula is C17H19NO2S. The van der Waals surface area contributed by atoms with Gasteiger partial charge in [0, 0.05) is 20.0 Å². The lowest BCUT2D eigenvalue weighted by Gasteiger charge is -2.29. The predicted octanol–water partition coefficient (Wildman–Crippen LogP) is 2.89. The van der Waals surface area contributed by atoms with Crippen molar-refractivity contribution in [2.75, 3.05) is 13.6 Å². The fraction of sp³-hybridized carbons (Fsp3) is 0.353. The second-order valence-corrected chi connectivity index (χ2v) is 6.27. The van der Waals surface area contributed by atoms with Gasteiger partial charge in [-0.15, -0.1) is 0 Å². The minimum absolute atomic E-state index is 0.0938. The molecule has 0 aliphatic carbocycles. The number of thiophene rings is 1. The predicted molar refractivity (Wildman–Crippen MR) is 84.4 cm³/mol. The summed E-state index contributed by atoms with van der Waals surface area (Å²) >= 11 is 1.63. The van der Waals surface area contributed by atoms with Crippen LogP contribution < -0.4 is 0 Å². The Morgan fingerprint density at radius 1 is 1.33 bits per heavy atom. The Morgan fingerprint density at radius 3 is 2.90 bits per heavy atom. The zero-order chi connectivity index (χ0) is 14.7. The van der Waals surface area contributed by atoms with Crippen molar-refractivity contribution in [1.29, 1.82) is 0 Å². The first-order valence-electron chi connectivity index (χ1n) is 7.16. The molecule has 4 heteroatoms. The molecule has 1 atom stereocenters. The Hall–Kier alpha value is -1.65. The van der Waals surface area contributed by atoms with Crippen molar-refractivity contribution in [2.45, 2.75) is 25.6 Å². The highest BCUT2D eigenvalue weighted by atomic mass is 32.1. The Kier molecular flexibility index (Phi) is 4.36. The van der Waals surface area contributed by atoms with E-state index in [1.165, 1.54) is 11.1 Å². The van der Waals surface area contributed by atoms with Crippen LogP contribution in [0.25, 0.3) is 0 Å². The molecule has 21 heavy (non-hydrogen) atoms. The molecule has 0 spiro atoms. The summed E-state index contributed by atoms with van der Waals surface area (Å²) in [6.45, 7) is 1.30. The van der Waals surface area contributed by atoms with Crippen molar-refractivity contribution in [3.8, 4) is 0 Å². The molecule has 0 saturated heterocycles. The first-order valence-corrected chi connectivity index (χ1v) is 8.10. The third-order valence-corrected chi connectivity index (χ3v) is 4.61. The fourth-order valence-electron chi connectivity index (χ4n) is 2.64. The van der Waals surface area contributed by atoms with Crippen LogP contribution in [0.4, 0.5) is 0 Å². The number of likely N-dealkylation sites (N-methyl/N-ethyl adjacent to an activating group) is 1. The highest BCUT2D eigenvalue weighted by molar-refractivity contribution is 7.07. The van der Waals surface area contributed by atoms with E-state index in [-0.39, 0.29) is 12.0 Å². The molecule has 2 heterocycles. The van der Waals surface area contributed by atoms with Gasteiger partial charge in [0.05, 0.1) is 19.1 Å². The van der Waals surface area contributed by atoms with E-state index in [1.54, 1.807) is 16.2 Å². The average molecular weight is 301 g/mol. The van der Waals surface area contributed by atoms with E-state index in [0.29, 0.717) is 19.6 Å². The minimum atomic E-state index is 0.0938. The monoisotopic (exact) mass is 301 g/mol. The second kappa shape index (κ2) is 6.41. The summed E-state index contributed by atoms with van der Waals surface area (Å²) in [5, 5.41) is 4.03. The van der Waals surface area contributed by atoms with E-state index in [2.05, 4.69) is 18.2 Å². The van der Waals surface area contributed by atoms with Crippen LogP contribution in [0.5, 0.6) is 0 Å². The Balaban J connectivity index is 1.56. The maximum atomic E-state index is 12.2. The van der Waals surface area contributed by atoms with E-state index in [4.69, 9.17) is 4.74 Å². The van der Waals surface area contributed by atoms with E-state index >= 15 is 0 Å². The number of amides is 1. The highest BCUT2D eigenvalue weighted by Gasteiger charge is 2.22. The van der Waals surface area contributed by atoms with Crippen LogP contribution in [0.2, 0.25) is 0 Å². The van der Waals surface area contributed by atoms with Crippen molar-refractivity contribution >= 4 is 17.2 Å². The zero-order valence-electron chi connectivity index (χ0n) is 12.1. The van der Waals surface area contributed by atoms with Crippen molar-refractivity contribution in [1.82, 2.24) is 4.90 Å². The molecule has 2 aromatic rings. The minimum Gasteiger partial charge on any atom is -0.371 e. The van der Waals surface area contributed by atoms with Crippen molar-refractivity contribution in [3.05, 3.63) is 57.8 Å². The number of hydrogen-bond donors (Lipinski definition) is 0. The van der Waals surface area contributed by atoms with Gasteiger partial charge in [0.1, 0.15) is 0 Å². The van der Waals surface area contributed by atoms with Crippen LogP contribution in [0.1, 0.15) is 16.7 Å². The molecule has 3 nitrogen and oxygen atoms in total. The summed E-state index contributed by atoms with van der Waals surface area (Å²) in [6, 6.07) is 10.4. The van der Waals surface area contributed by atoms with Crippen molar-refractivity contribution < 1.29 is 9.53 Å². The van der Waals surface area contributed by atoms with Gasteiger partial charge in [-0.25, -0.2) is 0 Å². The van der Waals surface area contributed by atoms with E-state index in [0.717, 1.165) is 12.0 Å². The molecule has 110 valence electrons. The summed E-state index contributed by atoms with van der Waals surface area (Å²) in [4.78, 5) is 14.0. The molecule has 1 amide bonds. The molecule has 0 radical (unpaired) electrons. The summed E-state index contributed by atoms with van der Waals surface area (Å²) < 4.78 is 5.87. The van der Waals surface area contributed by atoms with Gasteiger partial charge in [0.2, 0.25) is 5.91 Å². The van der Waals surface area contributed by atoms with Crippen LogP contribution in [0.15, 0.2) is 41.1 Å². The molecule has 0 fully saturated rings. The molecule has 0 saturated carbocycles. The van der Waals surface area contributed by atoms with E-state index in [1.807, 2.05) is 29.9 Å². The largest absolute Gasteiger partial charge is 0.371 e. The summed E-state index contributed by atoms with van der Waals surface area (Å²) in [5.41, 5.74) is 3.69. The normalized spacial score (nSPS) is 17.3. The Labute approximate surface area is 129 Å². The number of fused-ring (bicyclic) bond motifs is 1. The fourth-order valence-corrected chi connectivity index (χ4v) is 3.31. The maximum absolute atomic E-state index is 12.2. The standard InChI is InChI=1S/C17H19NO2S/c1-18(17(19)8-13-6-7-21-12-13)10-16-9-14-4-2-3-5-15(14)11-20-16/h2-7,12,16H,8-11H2,1H3. The Bertz CT molecular complexity index is 609. The van der Waals surface area contributed by atoms with Gasteiger partial charge in [-0.2, -0.15) is 11.3 Å². The van der Waals surface area contributed by atoms with Crippen LogP contribution in [-0.4, -0.2) is 30.5 Å². The first-order chi connectivity index (χ1) is 10.2. The van der Waals surface area contributed by atoms with Crippen molar-refractivity contribution in [2.24, 2.45) is 0 Å². The SMILES string of the molecule is CN(CC1Cc2ccccc2CO1)C(=O)Cc1ccsc1. The number of carbonyl (C=O) groups is 1. The molecule has 1 aliphatic heterocycles. The number of carbonyl (C=O) groups excluding carboxylic acids is 1. The molecule has 1 unspecified atom stereocenters. The van der Waals surface area contributed by atoms with Crippen LogP contribution >= 0.6 is 11.3 Å². The van der Waals surface area contributed by atoms with Gasteiger partial charge < -0.3 is 9.64 Å². The zero-order valence-corrected chi connectivity index (χ0v) is 12.9. The molecular weight excluding hydrogens is 282 g/mol. The van der Waals surface area contributed by atoms with Gasteiger partial charge in [0.15, 0.2) is 0 Å².